The molecule has 0 aromatic heterocycles. The molecule has 2 aliphatic rings. The molecule has 1 atom stereocenters. The Kier molecular flexibility index (Phi) is 8.02. The lowest BCUT2D eigenvalue weighted by Crippen LogP contribution is -2.55. The topological polar surface area (TPSA) is 82.2 Å². The number of ether oxygens (including phenoxy) is 1. The van der Waals surface area contributed by atoms with Gasteiger partial charge in [-0.1, -0.05) is 18.2 Å². The average Bonchev–Trinajstić information content (AvgIpc) is 2.90. The van der Waals surface area contributed by atoms with Crippen LogP contribution in [-0.4, -0.2) is 80.0 Å². The summed E-state index contributed by atoms with van der Waals surface area (Å²) in [6.07, 6.45) is 1.38. The first-order chi connectivity index (χ1) is 16.9. The Labute approximate surface area is 206 Å². The van der Waals surface area contributed by atoms with E-state index in [1.165, 1.54) is 7.11 Å². The third-order valence-electron chi connectivity index (χ3n) is 7.02. The molecular formula is C27H34N4O4. The minimum atomic E-state index is -0.339. The van der Waals surface area contributed by atoms with Gasteiger partial charge in [-0.15, -0.1) is 0 Å². The Bertz CT molecular complexity index is 1020. The van der Waals surface area contributed by atoms with Gasteiger partial charge in [0.15, 0.2) is 0 Å². The zero-order valence-corrected chi connectivity index (χ0v) is 20.5. The number of hydrogen-bond donors (Lipinski definition) is 1. The summed E-state index contributed by atoms with van der Waals surface area (Å²) in [5, 5.41) is 2.98. The number of anilines is 2. The maximum absolute atomic E-state index is 13.0. The predicted octanol–water partition coefficient (Wildman–Crippen LogP) is 2.86. The highest BCUT2D eigenvalue weighted by molar-refractivity contribution is 5.92. The van der Waals surface area contributed by atoms with E-state index >= 15 is 0 Å². The van der Waals surface area contributed by atoms with Crippen LogP contribution >= 0.6 is 0 Å². The minimum absolute atomic E-state index is 0.0349. The number of nitrogens with one attached hydrogen (secondary N) is 1. The molecule has 1 unspecified atom stereocenters. The van der Waals surface area contributed by atoms with Gasteiger partial charge in [0.2, 0.25) is 11.8 Å². The van der Waals surface area contributed by atoms with E-state index in [0.29, 0.717) is 38.0 Å². The summed E-state index contributed by atoms with van der Waals surface area (Å²) in [6, 6.07) is 17.2. The first-order valence-corrected chi connectivity index (χ1v) is 12.3. The molecule has 35 heavy (non-hydrogen) atoms. The van der Waals surface area contributed by atoms with Crippen molar-refractivity contribution in [2.45, 2.75) is 25.8 Å². The van der Waals surface area contributed by atoms with Gasteiger partial charge in [0.25, 0.3) is 0 Å². The van der Waals surface area contributed by atoms with Gasteiger partial charge in [0.1, 0.15) is 0 Å². The Hall–Kier alpha value is -3.39. The van der Waals surface area contributed by atoms with Gasteiger partial charge in [-0.05, 0) is 56.2 Å². The molecule has 2 saturated heterocycles. The van der Waals surface area contributed by atoms with Crippen molar-refractivity contribution in [3.8, 4) is 0 Å². The number of carbonyl (C=O) groups is 3. The van der Waals surface area contributed by atoms with Crippen molar-refractivity contribution in [3.63, 3.8) is 0 Å². The Balaban J connectivity index is 1.23. The maximum Gasteiger partial charge on any atom is 0.337 e. The lowest BCUT2D eigenvalue weighted by Gasteiger charge is -2.41. The summed E-state index contributed by atoms with van der Waals surface area (Å²) in [7, 11) is 1.38. The zero-order valence-electron chi connectivity index (χ0n) is 20.5. The average molecular weight is 479 g/mol. The highest BCUT2D eigenvalue weighted by atomic mass is 16.5. The number of esters is 1. The number of nitrogens with zero attached hydrogens (tertiary/aromatic N) is 3. The second-order valence-electron chi connectivity index (χ2n) is 9.31. The molecule has 186 valence electrons. The Morgan fingerprint density at radius 2 is 1.63 bits per heavy atom. The van der Waals surface area contributed by atoms with Crippen molar-refractivity contribution in [1.29, 1.82) is 0 Å². The second kappa shape index (κ2) is 11.4. The second-order valence-corrected chi connectivity index (χ2v) is 9.31. The van der Waals surface area contributed by atoms with Crippen molar-refractivity contribution in [1.82, 2.24) is 9.80 Å². The van der Waals surface area contributed by atoms with Crippen LogP contribution in [0.15, 0.2) is 54.6 Å². The number of benzene rings is 2. The van der Waals surface area contributed by atoms with E-state index in [0.717, 1.165) is 31.0 Å². The molecule has 2 amide bonds. The number of methoxy groups -OCH3 is 1. The number of likely N-dealkylation sites (tertiary alicyclic amines) is 1. The number of piperazine rings is 1. The molecule has 0 saturated carbocycles. The van der Waals surface area contributed by atoms with E-state index in [9.17, 15) is 14.4 Å². The highest BCUT2D eigenvalue weighted by Gasteiger charge is 2.30. The van der Waals surface area contributed by atoms with Gasteiger partial charge in [-0.2, -0.15) is 0 Å². The van der Waals surface area contributed by atoms with Crippen molar-refractivity contribution in [2.75, 3.05) is 56.6 Å². The number of rotatable bonds is 6. The highest BCUT2D eigenvalue weighted by Crippen LogP contribution is 2.22. The molecule has 2 aromatic rings. The monoisotopic (exact) mass is 478 g/mol. The third kappa shape index (κ3) is 6.19. The first-order valence-electron chi connectivity index (χ1n) is 12.3. The van der Waals surface area contributed by atoms with E-state index < -0.39 is 0 Å². The summed E-state index contributed by atoms with van der Waals surface area (Å²) >= 11 is 0. The molecule has 2 aliphatic heterocycles. The van der Waals surface area contributed by atoms with E-state index in [1.54, 1.807) is 12.1 Å². The van der Waals surface area contributed by atoms with E-state index in [4.69, 9.17) is 4.74 Å². The molecule has 0 aliphatic carbocycles. The minimum Gasteiger partial charge on any atom is -0.465 e. The van der Waals surface area contributed by atoms with Crippen LogP contribution < -0.4 is 10.2 Å². The third-order valence-corrected chi connectivity index (χ3v) is 7.02. The molecule has 2 heterocycles. The van der Waals surface area contributed by atoms with Gasteiger partial charge >= 0.3 is 5.97 Å². The summed E-state index contributed by atoms with van der Waals surface area (Å²) in [5.41, 5.74) is 2.41. The maximum atomic E-state index is 13.0. The van der Waals surface area contributed by atoms with Crippen molar-refractivity contribution < 1.29 is 19.1 Å². The molecule has 8 heteroatoms. The Morgan fingerprint density at radius 1 is 0.943 bits per heavy atom. The Morgan fingerprint density at radius 3 is 2.26 bits per heavy atom. The summed E-state index contributed by atoms with van der Waals surface area (Å²) < 4.78 is 4.77. The summed E-state index contributed by atoms with van der Waals surface area (Å²) in [5.74, 6) is -0.233. The number of amides is 2. The smallest absolute Gasteiger partial charge is 0.337 e. The van der Waals surface area contributed by atoms with Crippen LogP contribution in [0, 0.1) is 5.92 Å². The molecule has 4 rings (SSSR count). The van der Waals surface area contributed by atoms with Crippen molar-refractivity contribution in [3.05, 3.63) is 60.2 Å². The van der Waals surface area contributed by atoms with E-state index in [-0.39, 0.29) is 29.7 Å². The molecular weight excluding hydrogens is 444 g/mol. The van der Waals surface area contributed by atoms with Crippen LogP contribution in [0.25, 0.3) is 0 Å². The lowest BCUT2D eigenvalue weighted by atomic mass is 9.95. The van der Waals surface area contributed by atoms with Crippen molar-refractivity contribution in [2.24, 2.45) is 5.92 Å². The number of para-hydroxylation sites is 1. The molecule has 8 nitrogen and oxygen atoms in total. The van der Waals surface area contributed by atoms with Gasteiger partial charge in [0, 0.05) is 56.1 Å². The summed E-state index contributed by atoms with van der Waals surface area (Å²) in [4.78, 5) is 43.6. The van der Waals surface area contributed by atoms with Crippen LogP contribution in [0.5, 0.6) is 0 Å². The van der Waals surface area contributed by atoms with Crippen LogP contribution in [0.4, 0.5) is 11.4 Å². The molecule has 0 spiro atoms. The molecule has 0 bridgehead atoms. The summed E-state index contributed by atoms with van der Waals surface area (Å²) in [6.45, 7) is 6.20. The molecule has 0 radical (unpaired) electrons. The fraction of sp³-hybridized carbons (Fsp3) is 0.444. The number of hydrogen-bond acceptors (Lipinski definition) is 6. The fourth-order valence-corrected chi connectivity index (χ4v) is 4.82. The van der Waals surface area contributed by atoms with Gasteiger partial charge < -0.3 is 19.9 Å². The standard InChI is InChI=1S/C27H34N4O4/c1-20-18-31(24-10-8-22(9-11-24)27(34)35-2)17-16-30(20)19-25(32)29-14-12-21(13-15-29)26(33)28-23-6-4-3-5-7-23/h3-11,20-21H,12-19H2,1-2H3,(H,28,33). The van der Waals surface area contributed by atoms with Crippen LogP contribution in [0.1, 0.15) is 30.1 Å². The lowest BCUT2D eigenvalue weighted by molar-refractivity contribution is -0.136. The predicted molar refractivity (Wildman–Crippen MR) is 135 cm³/mol. The van der Waals surface area contributed by atoms with E-state index in [1.807, 2.05) is 47.4 Å². The van der Waals surface area contributed by atoms with Crippen LogP contribution in [-0.2, 0) is 14.3 Å². The number of piperidine rings is 1. The van der Waals surface area contributed by atoms with Gasteiger partial charge in [-0.25, -0.2) is 4.79 Å². The van der Waals surface area contributed by atoms with Crippen LogP contribution in [0.3, 0.4) is 0 Å². The van der Waals surface area contributed by atoms with Crippen LogP contribution in [0.2, 0.25) is 0 Å². The molecule has 1 N–H and O–H groups in total. The molecule has 2 aromatic carbocycles. The van der Waals surface area contributed by atoms with E-state index in [2.05, 4.69) is 22.0 Å². The van der Waals surface area contributed by atoms with Gasteiger partial charge in [-0.3, -0.25) is 14.5 Å². The zero-order chi connectivity index (χ0) is 24.8. The number of carbonyl (C=O) groups excluding carboxylic acids is 3. The quantitative estimate of drug-likeness (QED) is 0.643. The van der Waals surface area contributed by atoms with Crippen molar-refractivity contribution >= 4 is 29.2 Å². The fourth-order valence-electron chi connectivity index (χ4n) is 4.82. The largest absolute Gasteiger partial charge is 0.465 e. The van der Waals surface area contributed by atoms with Gasteiger partial charge in [0.05, 0.1) is 19.2 Å². The molecule has 2 fully saturated rings. The normalized spacial score (nSPS) is 19.3. The SMILES string of the molecule is COC(=O)c1ccc(N2CCN(CC(=O)N3CCC(C(=O)Nc4ccccc4)CC3)C(C)C2)cc1. The first kappa shape index (κ1) is 24.7.